The summed E-state index contributed by atoms with van der Waals surface area (Å²) in [6.07, 6.45) is -0.294. The van der Waals surface area contributed by atoms with Crippen LogP contribution in [0, 0.1) is 0 Å². The van der Waals surface area contributed by atoms with Crippen LogP contribution in [0.2, 0.25) is 0 Å². The highest BCUT2D eigenvalue weighted by Crippen LogP contribution is 2.08. The van der Waals surface area contributed by atoms with E-state index in [0.29, 0.717) is 58.9 Å². The van der Waals surface area contributed by atoms with E-state index in [2.05, 4.69) is 5.43 Å². The normalized spacial score (nSPS) is 12.6. The van der Waals surface area contributed by atoms with Gasteiger partial charge in [0.05, 0.1) is 32.6 Å². The molecule has 1 atom stereocenters. The maximum absolute atomic E-state index is 11.5. The average Bonchev–Trinajstić information content (AvgIpc) is 2.52. The first-order valence-electron chi connectivity index (χ1n) is 8.66. The Labute approximate surface area is 154 Å². The van der Waals surface area contributed by atoms with Gasteiger partial charge in [-0.25, -0.2) is 10.2 Å². The second-order valence-corrected chi connectivity index (χ2v) is 6.50. The highest BCUT2D eigenvalue weighted by atomic mass is 16.6. The molecule has 10 nitrogen and oxygen atoms in total. The fourth-order valence-electron chi connectivity index (χ4n) is 1.69. The molecule has 0 spiro atoms. The Hall–Kier alpha value is -1.46. The van der Waals surface area contributed by atoms with Crippen LogP contribution in [0.3, 0.4) is 0 Å². The Balaban J connectivity index is 3.27. The van der Waals surface area contributed by atoms with E-state index in [0.717, 1.165) is 0 Å². The summed E-state index contributed by atoms with van der Waals surface area (Å²) in [7, 11) is 0. The van der Waals surface area contributed by atoms with E-state index < -0.39 is 17.9 Å². The van der Waals surface area contributed by atoms with Crippen LogP contribution in [0.1, 0.15) is 40.0 Å². The first-order chi connectivity index (χ1) is 12.2. The molecule has 0 saturated carbocycles. The Bertz CT molecular complexity index is 389. The van der Waals surface area contributed by atoms with Gasteiger partial charge < -0.3 is 29.8 Å². The van der Waals surface area contributed by atoms with E-state index in [1.807, 2.05) is 26.2 Å². The number of nitrogens with two attached hydrogens (primary N) is 1. The van der Waals surface area contributed by atoms with Gasteiger partial charge >= 0.3 is 12.1 Å². The highest BCUT2D eigenvalue weighted by Gasteiger charge is 2.15. The van der Waals surface area contributed by atoms with Gasteiger partial charge in [-0.3, -0.25) is 10.2 Å². The molecule has 0 fully saturated rings. The van der Waals surface area contributed by atoms with Crippen LogP contribution in [-0.4, -0.2) is 68.6 Å². The van der Waals surface area contributed by atoms with Crippen molar-refractivity contribution in [3.05, 3.63) is 0 Å². The van der Waals surface area contributed by atoms with Crippen LogP contribution in [0.25, 0.3) is 0 Å². The van der Waals surface area contributed by atoms with Crippen molar-refractivity contribution in [1.29, 1.82) is 0 Å². The zero-order chi connectivity index (χ0) is 19.8. The Kier molecular flexibility index (Phi) is 13.9. The molecule has 0 heterocycles. The van der Waals surface area contributed by atoms with Gasteiger partial charge in [0.1, 0.15) is 5.60 Å². The molecule has 10 heteroatoms. The van der Waals surface area contributed by atoms with Gasteiger partial charge in [0.25, 0.3) is 0 Å². The number of amides is 1. The SMILES string of the molecule is CC(C)(C)OC(=O)CCCOCCOCCOCCC(N)NNC(=O)O. The molecule has 0 rings (SSSR count). The van der Waals surface area contributed by atoms with Gasteiger partial charge in [-0.05, 0) is 27.2 Å². The molecule has 0 aromatic heterocycles. The molecule has 0 aliphatic heterocycles. The minimum atomic E-state index is -1.19. The van der Waals surface area contributed by atoms with Crippen molar-refractivity contribution >= 4 is 12.1 Å². The third kappa shape index (κ3) is 18.9. The lowest BCUT2D eigenvalue weighted by molar-refractivity contribution is -0.155. The second kappa shape index (κ2) is 14.7. The number of carboxylic acid groups (broad SMARTS) is 1. The monoisotopic (exact) mass is 379 g/mol. The minimum absolute atomic E-state index is 0.219. The van der Waals surface area contributed by atoms with Gasteiger partial charge in [-0.2, -0.15) is 0 Å². The minimum Gasteiger partial charge on any atom is -0.464 e. The van der Waals surface area contributed by atoms with Crippen LogP contribution in [0.4, 0.5) is 4.79 Å². The molecule has 0 radical (unpaired) electrons. The van der Waals surface area contributed by atoms with Crippen LogP contribution in [-0.2, 0) is 23.7 Å². The highest BCUT2D eigenvalue weighted by molar-refractivity contribution is 5.69. The number of hydrogen-bond acceptors (Lipinski definition) is 8. The first-order valence-corrected chi connectivity index (χ1v) is 8.66. The van der Waals surface area contributed by atoms with E-state index in [4.69, 9.17) is 29.8 Å². The van der Waals surface area contributed by atoms with Crippen LogP contribution < -0.4 is 16.6 Å². The maximum Gasteiger partial charge on any atom is 0.419 e. The average molecular weight is 379 g/mol. The van der Waals surface area contributed by atoms with Crippen LogP contribution in [0.15, 0.2) is 0 Å². The van der Waals surface area contributed by atoms with Gasteiger partial charge in [-0.15, -0.1) is 0 Å². The summed E-state index contributed by atoms with van der Waals surface area (Å²) >= 11 is 0. The molecule has 1 unspecified atom stereocenters. The Morgan fingerprint density at radius 3 is 2.08 bits per heavy atom. The number of esters is 1. The summed E-state index contributed by atoms with van der Waals surface area (Å²) in [5.41, 5.74) is 9.52. The van der Waals surface area contributed by atoms with E-state index in [9.17, 15) is 9.59 Å². The van der Waals surface area contributed by atoms with Gasteiger partial charge in [0.15, 0.2) is 0 Å². The number of carbonyl (C=O) groups is 2. The van der Waals surface area contributed by atoms with Crippen molar-refractivity contribution in [2.24, 2.45) is 5.73 Å². The molecule has 0 aliphatic rings. The molecular formula is C16H33N3O7. The second-order valence-electron chi connectivity index (χ2n) is 6.50. The van der Waals surface area contributed by atoms with Crippen molar-refractivity contribution in [2.45, 2.75) is 51.8 Å². The number of hydrazine groups is 1. The molecule has 1 amide bonds. The first kappa shape index (κ1) is 24.5. The zero-order valence-electron chi connectivity index (χ0n) is 15.9. The summed E-state index contributed by atoms with van der Waals surface area (Å²) in [6.45, 7) is 8.12. The number of hydrogen-bond donors (Lipinski definition) is 4. The van der Waals surface area contributed by atoms with Gasteiger partial charge in [-0.1, -0.05) is 0 Å². The molecule has 0 aromatic carbocycles. The van der Waals surface area contributed by atoms with Gasteiger partial charge in [0.2, 0.25) is 0 Å². The summed E-state index contributed by atoms with van der Waals surface area (Å²) in [5.74, 6) is -0.219. The molecule has 0 aliphatic carbocycles. The fourth-order valence-corrected chi connectivity index (χ4v) is 1.69. The van der Waals surface area contributed by atoms with Crippen molar-refractivity contribution in [1.82, 2.24) is 10.9 Å². The number of rotatable bonds is 15. The molecule has 26 heavy (non-hydrogen) atoms. The molecule has 154 valence electrons. The molecular weight excluding hydrogens is 346 g/mol. The summed E-state index contributed by atoms with van der Waals surface area (Å²) in [4.78, 5) is 21.7. The van der Waals surface area contributed by atoms with Crippen molar-refractivity contribution in [3.8, 4) is 0 Å². The lowest BCUT2D eigenvalue weighted by Crippen LogP contribution is -2.48. The van der Waals surface area contributed by atoms with E-state index in [-0.39, 0.29) is 5.97 Å². The smallest absolute Gasteiger partial charge is 0.419 e. The number of nitrogens with one attached hydrogen (secondary N) is 2. The van der Waals surface area contributed by atoms with Crippen LogP contribution in [0.5, 0.6) is 0 Å². The predicted octanol–water partition coefficient (Wildman–Crippen LogP) is 0.605. The van der Waals surface area contributed by atoms with E-state index in [1.54, 1.807) is 0 Å². The lowest BCUT2D eigenvalue weighted by Gasteiger charge is -2.19. The van der Waals surface area contributed by atoms with Gasteiger partial charge in [0, 0.05) is 26.1 Å². The fraction of sp³-hybridized carbons (Fsp3) is 0.875. The Morgan fingerprint density at radius 2 is 1.54 bits per heavy atom. The molecule has 0 aromatic rings. The summed E-state index contributed by atoms with van der Waals surface area (Å²) in [5, 5.41) is 8.38. The quantitative estimate of drug-likeness (QED) is 0.139. The van der Waals surface area contributed by atoms with E-state index >= 15 is 0 Å². The molecule has 5 N–H and O–H groups in total. The standard InChI is InChI=1S/C16H33N3O7/c1-16(2,3)26-14(20)5-4-7-23-9-11-25-12-10-24-8-6-13(17)18-19-15(21)22/h13,18-19H,4-12,17H2,1-3H3,(H,21,22). The third-order valence-corrected chi connectivity index (χ3v) is 2.77. The number of ether oxygens (including phenoxy) is 4. The number of carbonyl (C=O) groups excluding carboxylic acids is 1. The molecule has 0 bridgehead atoms. The van der Waals surface area contributed by atoms with Crippen molar-refractivity contribution < 1.29 is 33.6 Å². The largest absolute Gasteiger partial charge is 0.464 e. The van der Waals surface area contributed by atoms with Crippen molar-refractivity contribution in [2.75, 3.05) is 39.6 Å². The summed E-state index contributed by atoms with van der Waals surface area (Å²) < 4.78 is 21.2. The topological polar surface area (TPSA) is 141 Å². The summed E-state index contributed by atoms with van der Waals surface area (Å²) in [6, 6.07) is 0. The third-order valence-electron chi connectivity index (χ3n) is 2.77. The zero-order valence-corrected chi connectivity index (χ0v) is 15.9. The van der Waals surface area contributed by atoms with E-state index in [1.165, 1.54) is 0 Å². The Morgan fingerprint density at radius 1 is 1.00 bits per heavy atom. The predicted molar refractivity (Wildman–Crippen MR) is 94.4 cm³/mol. The maximum atomic E-state index is 11.5. The van der Waals surface area contributed by atoms with Crippen LogP contribution >= 0.6 is 0 Å². The molecule has 0 saturated heterocycles. The van der Waals surface area contributed by atoms with Crippen molar-refractivity contribution in [3.63, 3.8) is 0 Å². The lowest BCUT2D eigenvalue weighted by atomic mass is 10.2.